The van der Waals surface area contributed by atoms with Crippen LogP contribution in [-0.4, -0.2) is 20.7 Å². The van der Waals surface area contributed by atoms with Crippen LogP contribution < -0.4 is 11.2 Å². The monoisotopic (exact) mass is 344 g/mol. The number of phenols is 2. The number of nitrogens with two attached hydrogens (primary N) is 1. The Hall–Kier alpha value is -2.99. The first-order chi connectivity index (χ1) is 11.4. The van der Waals surface area contributed by atoms with Crippen molar-refractivity contribution < 1.29 is 15.0 Å². The second-order valence-corrected chi connectivity index (χ2v) is 5.77. The summed E-state index contributed by atoms with van der Waals surface area (Å²) in [5.74, 6) is -1.23. The highest BCUT2D eigenvalue weighted by atomic mass is 35.5. The van der Waals surface area contributed by atoms with Crippen molar-refractivity contribution in [2.75, 3.05) is 0 Å². The molecule has 2 aromatic carbocycles. The van der Waals surface area contributed by atoms with Crippen LogP contribution in [0.2, 0.25) is 5.02 Å². The Morgan fingerprint density at radius 1 is 1.21 bits per heavy atom. The Morgan fingerprint density at radius 3 is 2.62 bits per heavy atom. The lowest BCUT2D eigenvalue weighted by Gasteiger charge is -2.13. The summed E-state index contributed by atoms with van der Waals surface area (Å²) in [6.45, 7) is -0.215. The number of aromatic nitrogens is 1. The summed E-state index contributed by atoms with van der Waals surface area (Å²) >= 11 is 5.98. The van der Waals surface area contributed by atoms with Crippen LogP contribution in [-0.2, 0) is 11.3 Å². The van der Waals surface area contributed by atoms with Gasteiger partial charge in [0.1, 0.15) is 18.0 Å². The molecule has 1 amide bonds. The highest BCUT2D eigenvalue weighted by Gasteiger charge is 2.16. The van der Waals surface area contributed by atoms with E-state index in [0.29, 0.717) is 10.6 Å². The van der Waals surface area contributed by atoms with E-state index in [0.717, 1.165) is 6.07 Å². The number of carbonyl (C=O) groups excluding carboxylic acids is 1. The van der Waals surface area contributed by atoms with Gasteiger partial charge < -0.3 is 20.5 Å². The summed E-state index contributed by atoms with van der Waals surface area (Å²) in [7, 11) is 0. The van der Waals surface area contributed by atoms with E-state index in [-0.39, 0.29) is 34.5 Å². The van der Waals surface area contributed by atoms with Crippen LogP contribution in [0.3, 0.4) is 0 Å². The average molecular weight is 345 g/mol. The third kappa shape index (κ3) is 2.79. The molecule has 122 valence electrons. The van der Waals surface area contributed by atoms with Crippen LogP contribution in [0, 0.1) is 0 Å². The fourth-order valence-electron chi connectivity index (χ4n) is 2.64. The number of rotatable bonds is 3. The number of primary amides is 1. The molecule has 0 atom stereocenters. The molecule has 0 saturated carbocycles. The molecule has 0 fully saturated rings. The van der Waals surface area contributed by atoms with Crippen LogP contribution in [0.15, 0.2) is 47.4 Å². The van der Waals surface area contributed by atoms with Gasteiger partial charge in [0.25, 0.3) is 0 Å². The highest BCUT2D eigenvalue weighted by Crippen LogP contribution is 2.30. The fourth-order valence-corrected chi connectivity index (χ4v) is 2.83. The molecule has 0 radical (unpaired) electrons. The molecule has 0 aliphatic carbocycles. The zero-order valence-corrected chi connectivity index (χ0v) is 13.1. The van der Waals surface area contributed by atoms with Crippen molar-refractivity contribution in [2.45, 2.75) is 6.54 Å². The van der Waals surface area contributed by atoms with E-state index in [9.17, 15) is 19.8 Å². The summed E-state index contributed by atoms with van der Waals surface area (Å²) in [5.41, 5.74) is 5.83. The number of pyridine rings is 1. The lowest BCUT2D eigenvalue weighted by Crippen LogP contribution is -2.21. The van der Waals surface area contributed by atoms with Crippen molar-refractivity contribution >= 4 is 28.4 Å². The Bertz CT molecular complexity index is 1030. The van der Waals surface area contributed by atoms with Gasteiger partial charge >= 0.3 is 0 Å². The quantitative estimate of drug-likeness (QED) is 0.677. The molecule has 7 heteroatoms. The van der Waals surface area contributed by atoms with Crippen molar-refractivity contribution in [1.82, 2.24) is 4.57 Å². The molecule has 3 aromatic rings. The Labute approximate surface area is 141 Å². The van der Waals surface area contributed by atoms with Crippen molar-refractivity contribution in [1.29, 1.82) is 0 Å². The second kappa shape index (κ2) is 5.90. The fraction of sp³-hybridized carbons (Fsp3) is 0.0588. The first-order valence-corrected chi connectivity index (χ1v) is 7.38. The van der Waals surface area contributed by atoms with Gasteiger partial charge in [-0.15, -0.1) is 0 Å². The Balaban J connectivity index is 2.42. The smallest absolute Gasteiger partial charge is 0.237 e. The van der Waals surface area contributed by atoms with Gasteiger partial charge in [-0.05, 0) is 17.7 Å². The first-order valence-electron chi connectivity index (χ1n) is 7.00. The van der Waals surface area contributed by atoms with Crippen molar-refractivity contribution in [3.8, 4) is 22.6 Å². The van der Waals surface area contributed by atoms with E-state index < -0.39 is 11.3 Å². The van der Waals surface area contributed by atoms with Crippen molar-refractivity contribution in [3.63, 3.8) is 0 Å². The van der Waals surface area contributed by atoms with E-state index in [1.54, 1.807) is 24.3 Å². The van der Waals surface area contributed by atoms with Crippen LogP contribution in [0.1, 0.15) is 0 Å². The SMILES string of the molecule is NC(=O)Cn1cc(-c2cccc(Cl)c2)c(=O)c2c(O)cc(O)cc21. The van der Waals surface area contributed by atoms with Gasteiger partial charge in [-0.3, -0.25) is 9.59 Å². The lowest BCUT2D eigenvalue weighted by atomic mass is 10.0. The third-order valence-electron chi connectivity index (χ3n) is 3.61. The molecular weight excluding hydrogens is 332 g/mol. The van der Waals surface area contributed by atoms with E-state index in [4.69, 9.17) is 17.3 Å². The minimum absolute atomic E-state index is 0.00785. The molecule has 0 aliphatic rings. The number of hydrogen-bond donors (Lipinski definition) is 3. The number of hydrogen-bond acceptors (Lipinski definition) is 4. The summed E-state index contributed by atoms with van der Waals surface area (Å²) in [6, 6.07) is 9.03. The van der Waals surface area contributed by atoms with E-state index >= 15 is 0 Å². The van der Waals surface area contributed by atoms with Gasteiger partial charge in [-0.25, -0.2) is 0 Å². The molecule has 0 unspecified atom stereocenters. The standard InChI is InChI=1S/C17H13ClN2O4/c18-10-3-1-2-9(4-10)12-7-20(8-15(19)23)13-5-11(21)6-14(22)16(13)17(12)24/h1-7,21-22H,8H2,(H2,19,23). The minimum Gasteiger partial charge on any atom is -0.508 e. The maximum atomic E-state index is 12.8. The van der Waals surface area contributed by atoms with Gasteiger partial charge in [-0.1, -0.05) is 23.7 Å². The molecule has 4 N–H and O–H groups in total. The maximum Gasteiger partial charge on any atom is 0.237 e. The normalized spacial score (nSPS) is 10.9. The largest absolute Gasteiger partial charge is 0.508 e. The Morgan fingerprint density at radius 2 is 1.96 bits per heavy atom. The minimum atomic E-state index is -0.625. The molecule has 0 aliphatic heterocycles. The van der Waals surface area contributed by atoms with Crippen LogP contribution in [0.5, 0.6) is 11.5 Å². The predicted octanol–water partition coefficient (Wildman–Crippen LogP) is 2.22. The zero-order valence-electron chi connectivity index (χ0n) is 12.4. The molecule has 24 heavy (non-hydrogen) atoms. The van der Waals surface area contributed by atoms with E-state index in [1.165, 1.54) is 16.8 Å². The number of benzene rings is 2. The summed E-state index contributed by atoms with van der Waals surface area (Å²) in [4.78, 5) is 24.1. The number of carbonyl (C=O) groups is 1. The van der Waals surface area contributed by atoms with Gasteiger partial charge in [0.2, 0.25) is 11.3 Å². The molecule has 3 rings (SSSR count). The maximum absolute atomic E-state index is 12.8. The summed E-state index contributed by atoms with van der Waals surface area (Å²) in [5, 5.41) is 20.2. The molecule has 0 spiro atoms. The first kappa shape index (κ1) is 15.9. The van der Waals surface area contributed by atoms with E-state index in [1.807, 2.05) is 0 Å². The van der Waals surface area contributed by atoms with Crippen molar-refractivity contribution in [3.05, 3.63) is 57.8 Å². The lowest BCUT2D eigenvalue weighted by molar-refractivity contribution is -0.118. The molecule has 0 saturated heterocycles. The van der Waals surface area contributed by atoms with Crippen LogP contribution >= 0.6 is 11.6 Å². The van der Waals surface area contributed by atoms with Gasteiger partial charge in [0.15, 0.2) is 0 Å². The van der Waals surface area contributed by atoms with Gasteiger partial charge in [0.05, 0.1) is 10.9 Å². The number of phenolic OH excluding ortho intramolecular Hbond substituents is 2. The number of fused-ring (bicyclic) bond motifs is 1. The zero-order chi connectivity index (χ0) is 17.4. The number of halogens is 1. The second-order valence-electron chi connectivity index (χ2n) is 5.34. The molecule has 0 bridgehead atoms. The number of amides is 1. The predicted molar refractivity (Wildman–Crippen MR) is 91.2 cm³/mol. The van der Waals surface area contributed by atoms with Crippen LogP contribution in [0.25, 0.3) is 22.0 Å². The van der Waals surface area contributed by atoms with Gasteiger partial charge in [-0.2, -0.15) is 0 Å². The third-order valence-corrected chi connectivity index (χ3v) is 3.84. The highest BCUT2D eigenvalue weighted by molar-refractivity contribution is 6.30. The molecule has 6 nitrogen and oxygen atoms in total. The molecular formula is C17H13ClN2O4. The number of nitrogens with zero attached hydrogens (tertiary/aromatic N) is 1. The summed E-state index contributed by atoms with van der Waals surface area (Å²) < 4.78 is 1.41. The van der Waals surface area contributed by atoms with Crippen LogP contribution in [0.4, 0.5) is 0 Å². The number of aromatic hydroxyl groups is 2. The molecule has 1 heterocycles. The van der Waals surface area contributed by atoms with E-state index in [2.05, 4.69) is 0 Å². The summed E-state index contributed by atoms with van der Waals surface area (Å²) in [6.07, 6.45) is 1.46. The average Bonchev–Trinajstić information content (AvgIpc) is 2.49. The van der Waals surface area contributed by atoms with Gasteiger partial charge in [0, 0.05) is 28.9 Å². The molecule has 1 aromatic heterocycles. The van der Waals surface area contributed by atoms with Crippen molar-refractivity contribution in [2.24, 2.45) is 5.73 Å². The topological polar surface area (TPSA) is 106 Å². The Kier molecular flexibility index (Phi) is 3.91.